The van der Waals surface area contributed by atoms with Crippen LogP contribution in [0.2, 0.25) is 0 Å². The van der Waals surface area contributed by atoms with E-state index in [9.17, 15) is 0 Å². The van der Waals surface area contributed by atoms with Crippen LogP contribution in [0.5, 0.6) is 0 Å². The fourth-order valence-electron chi connectivity index (χ4n) is 2.03. The molecule has 0 amide bonds. The molecular weight excluding hydrogens is 164 g/mol. The van der Waals surface area contributed by atoms with E-state index in [1.807, 2.05) is 11.8 Å². The van der Waals surface area contributed by atoms with E-state index in [1.165, 1.54) is 32.1 Å². The van der Waals surface area contributed by atoms with Crippen LogP contribution in [-0.4, -0.2) is 11.5 Å². The second-order valence-corrected chi connectivity index (χ2v) is 4.75. The fraction of sp³-hybridized carbons (Fsp3) is 0.818. The summed E-state index contributed by atoms with van der Waals surface area (Å²) in [6, 6.07) is 0. The standard InChI is InChI=1S/C11H20S/c1-4-10-7-5-6-8-11(10)9(2)12-3/h9H,4-8H2,1-3H3. The average molecular weight is 184 g/mol. The molecule has 70 valence electrons. The van der Waals surface area contributed by atoms with Crippen molar-refractivity contribution in [3.8, 4) is 0 Å². The molecule has 1 atom stereocenters. The lowest BCUT2D eigenvalue weighted by Crippen LogP contribution is -2.08. The zero-order valence-electron chi connectivity index (χ0n) is 8.52. The quantitative estimate of drug-likeness (QED) is 0.597. The van der Waals surface area contributed by atoms with Gasteiger partial charge in [-0.2, -0.15) is 11.8 Å². The van der Waals surface area contributed by atoms with Crippen LogP contribution in [0.25, 0.3) is 0 Å². The molecule has 0 aromatic rings. The Labute approximate surface area is 80.8 Å². The van der Waals surface area contributed by atoms with Crippen molar-refractivity contribution < 1.29 is 0 Å². The maximum Gasteiger partial charge on any atom is 0.0228 e. The van der Waals surface area contributed by atoms with Gasteiger partial charge in [-0.1, -0.05) is 18.1 Å². The van der Waals surface area contributed by atoms with Gasteiger partial charge in [0.25, 0.3) is 0 Å². The molecule has 0 heterocycles. The van der Waals surface area contributed by atoms with Crippen molar-refractivity contribution in [2.75, 3.05) is 6.26 Å². The molecule has 0 radical (unpaired) electrons. The normalized spacial score (nSPS) is 21.2. The molecule has 0 aliphatic heterocycles. The molecule has 0 saturated carbocycles. The molecule has 1 aliphatic carbocycles. The van der Waals surface area contributed by atoms with Gasteiger partial charge in [-0.05, 0) is 45.3 Å². The first-order valence-electron chi connectivity index (χ1n) is 5.03. The van der Waals surface area contributed by atoms with Gasteiger partial charge in [-0.25, -0.2) is 0 Å². The first-order valence-corrected chi connectivity index (χ1v) is 6.32. The van der Waals surface area contributed by atoms with E-state index in [1.54, 1.807) is 11.1 Å². The van der Waals surface area contributed by atoms with Crippen LogP contribution in [0.1, 0.15) is 46.0 Å². The van der Waals surface area contributed by atoms with Crippen molar-refractivity contribution >= 4 is 11.8 Å². The molecule has 1 heteroatoms. The van der Waals surface area contributed by atoms with E-state index >= 15 is 0 Å². The second-order valence-electron chi connectivity index (χ2n) is 3.57. The second kappa shape index (κ2) is 4.96. The molecule has 0 bridgehead atoms. The van der Waals surface area contributed by atoms with Gasteiger partial charge in [0, 0.05) is 5.25 Å². The predicted octanol–water partition coefficient (Wildman–Crippen LogP) is 4.02. The molecule has 1 rings (SSSR count). The van der Waals surface area contributed by atoms with E-state index in [2.05, 4.69) is 20.1 Å². The van der Waals surface area contributed by atoms with Crippen molar-refractivity contribution in [3.05, 3.63) is 11.1 Å². The summed E-state index contributed by atoms with van der Waals surface area (Å²) in [7, 11) is 0. The Morgan fingerprint density at radius 2 is 2.00 bits per heavy atom. The minimum absolute atomic E-state index is 0.764. The Balaban J connectivity index is 2.72. The molecule has 0 saturated heterocycles. The summed E-state index contributed by atoms with van der Waals surface area (Å²) in [5.41, 5.74) is 3.51. The molecule has 0 fully saturated rings. The molecule has 1 unspecified atom stereocenters. The van der Waals surface area contributed by atoms with Gasteiger partial charge in [0.05, 0.1) is 0 Å². The van der Waals surface area contributed by atoms with E-state index in [-0.39, 0.29) is 0 Å². The highest BCUT2D eigenvalue weighted by Crippen LogP contribution is 2.32. The third kappa shape index (κ3) is 2.29. The Morgan fingerprint density at radius 3 is 2.58 bits per heavy atom. The lowest BCUT2D eigenvalue weighted by molar-refractivity contribution is 0.643. The lowest BCUT2D eigenvalue weighted by Gasteiger charge is -2.23. The smallest absolute Gasteiger partial charge is 0.0228 e. The van der Waals surface area contributed by atoms with Crippen molar-refractivity contribution in [3.63, 3.8) is 0 Å². The van der Waals surface area contributed by atoms with Crippen LogP contribution in [-0.2, 0) is 0 Å². The SMILES string of the molecule is CCC1=C(C(C)SC)CCCC1. The Morgan fingerprint density at radius 1 is 1.33 bits per heavy atom. The molecule has 0 N–H and O–H groups in total. The average Bonchev–Trinajstić information content (AvgIpc) is 2.16. The van der Waals surface area contributed by atoms with E-state index in [0.717, 1.165) is 5.25 Å². The molecule has 0 spiro atoms. The van der Waals surface area contributed by atoms with Gasteiger partial charge in [0.15, 0.2) is 0 Å². The maximum atomic E-state index is 2.35. The molecule has 0 aromatic heterocycles. The van der Waals surface area contributed by atoms with Gasteiger partial charge in [0.2, 0.25) is 0 Å². The summed E-state index contributed by atoms with van der Waals surface area (Å²) in [5.74, 6) is 0. The van der Waals surface area contributed by atoms with E-state index in [0.29, 0.717) is 0 Å². The van der Waals surface area contributed by atoms with Gasteiger partial charge >= 0.3 is 0 Å². The van der Waals surface area contributed by atoms with Gasteiger partial charge in [-0.3, -0.25) is 0 Å². The van der Waals surface area contributed by atoms with Crippen LogP contribution in [0, 0.1) is 0 Å². The Kier molecular flexibility index (Phi) is 4.20. The van der Waals surface area contributed by atoms with Crippen LogP contribution in [0.3, 0.4) is 0 Å². The number of rotatable bonds is 3. The van der Waals surface area contributed by atoms with Crippen LogP contribution in [0.15, 0.2) is 11.1 Å². The number of thioether (sulfide) groups is 1. The Bertz CT molecular complexity index is 170. The topological polar surface area (TPSA) is 0 Å². The monoisotopic (exact) mass is 184 g/mol. The largest absolute Gasteiger partial charge is 0.158 e. The summed E-state index contributed by atoms with van der Waals surface area (Å²) in [4.78, 5) is 0. The van der Waals surface area contributed by atoms with Gasteiger partial charge < -0.3 is 0 Å². The maximum absolute atomic E-state index is 2.35. The van der Waals surface area contributed by atoms with Crippen molar-refractivity contribution in [2.45, 2.75) is 51.2 Å². The zero-order valence-corrected chi connectivity index (χ0v) is 9.34. The summed E-state index contributed by atoms with van der Waals surface area (Å²) >= 11 is 1.99. The minimum atomic E-state index is 0.764. The molecule has 0 nitrogen and oxygen atoms in total. The predicted molar refractivity (Wildman–Crippen MR) is 58.8 cm³/mol. The van der Waals surface area contributed by atoms with Gasteiger partial charge in [-0.15, -0.1) is 0 Å². The highest BCUT2D eigenvalue weighted by molar-refractivity contribution is 7.99. The molecule has 12 heavy (non-hydrogen) atoms. The minimum Gasteiger partial charge on any atom is -0.158 e. The van der Waals surface area contributed by atoms with Crippen molar-refractivity contribution in [1.29, 1.82) is 0 Å². The molecule has 0 aromatic carbocycles. The van der Waals surface area contributed by atoms with Crippen LogP contribution < -0.4 is 0 Å². The number of hydrogen-bond acceptors (Lipinski definition) is 1. The highest BCUT2D eigenvalue weighted by Gasteiger charge is 2.15. The lowest BCUT2D eigenvalue weighted by atomic mass is 9.89. The van der Waals surface area contributed by atoms with Gasteiger partial charge in [0.1, 0.15) is 0 Å². The van der Waals surface area contributed by atoms with Crippen LogP contribution >= 0.6 is 11.8 Å². The summed E-state index contributed by atoms with van der Waals surface area (Å²) in [5, 5.41) is 0.764. The van der Waals surface area contributed by atoms with Crippen molar-refractivity contribution in [2.24, 2.45) is 0 Å². The summed E-state index contributed by atoms with van der Waals surface area (Å²) in [6.07, 6.45) is 9.08. The summed E-state index contributed by atoms with van der Waals surface area (Å²) in [6.45, 7) is 4.65. The van der Waals surface area contributed by atoms with E-state index in [4.69, 9.17) is 0 Å². The zero-order chi connectivity index (χ0) is 8.97. The number of hydrogen-bond donors (Lipinski definition) is 0. The first kappa shape index (κ1) is 10.2. The number of allylic oxidation sites excluding steroid dienone is 1. The highest BCUT2D eigenvalue weighted by atomic mass is 32.2. The first-order chi connectivity index (χ1) is 5.79. The Hall–Kier alpha value is 0.0900. The summed E-state index contributed by atoms with van der Waals surface area (Å²) < 4.78 is 0. The third-order valence-electron chi connectivity index (χ3n) is 2.90. The third-order valence-corrected chi connectivity index (χ3v) is 3.89. The van der Waals surface area contributed by atoms with Crippen molar-refractivity contribution in [1.82, 2.24) is 0 Å². The molecular formula is C11H20S. The van der Waals surface area contributed by atoms with Crippen LogP contribution in [0.4, 0.5) is 0 Å². The molecule has 1 aliphatic rings. The van der Waals surface area contributed by atoms with E-state index < -0.39 is 0 Å². The fourth-order valence-corrected chi connectivity index (χ4v) is 2.60.